The SMILES string of the molecule is CN(Cc1cccc(F)c1)C(CN)c1ccccc1Cl. The molecule has 106 valence electrons. The third kappa shape index (κ3) is 3.57. The molecule has 1 atom stereocenters. The van der Waals surface area contributed by atoms with Crippen LogP contribution in [0.15, 0.2) is 48.5 Å². The van der Waals surface area contributed by atoms with Crippen LogP contribution in [-0.2, 0) is 6.54 Å². The second kappa shape index (κ2) is 6.84. The Morgan fingerprint density at radius 2 is 1.95 bits per heavy atom. The Morgan fingerprint density at radius 1 is 1.20 bits per heavy atom. The third-order valence-corrected chi connectivity index (χ3v) is 3.68. The average molecular weight is 293 g/mol. The molecule has 0 radical (unpaired) electrons. The predicted molar refractivity (Wildman–Crippen MR) is 81.1 cm³/mol. The lowest BCUT2D eigenvalue weighted by atomic mass is 10.0. The second-order valence-corrected chi connectivity index (χ2v) is 5.23. The zero-order valence-corrected chi connectivity index (χ0v) is 12.1. The van der Waals surface area contributed by atoms with Crippen molar-refractivity contribution in [3.05, 3.63) is 70.5 Å². The van der Waals surface area contributed by atoms with Crippen molar-refractivity contribution >= 4 is 11.6 Å². The molecule has 0 spiro atoms. The monoisotopic (exact) mass is 292 g/mol. The number of rotatable bonds is 5. The van der Waals surface area contributed by atoms with Crippen molar-refractivity contribution in [1.29, 1.82) is 0 Å². The quantitative estimate of drug-likeness (QED) is 0.912. The summed E-state index contributed by atoms with van der Waals surface area (Å²) < 4.78 is 13.2. The van der Waals surface area contributed by atoms with Crippen LogP contribution in [0.2, 0.25) is 5.02 Å². The van der Waals surface area contributed by atoms with Gasteiger partial charge >= 0.3 is 0 Å². The molecule has 0 aromatic heterocycles. The molecule has 0 saturated heterocycles. The molecule has 2 aromatic rings. The van der Waals surface area contributed by atoms with Gasteiger partial charge in [-0.3, -0.25) is 4.90 Å². The number of halogens is 2. The first-order chi connectivity index (χ1) is 9.61. The van der Waals surface area contributed by atoms with E-state index >= 15 is 0 Å². The molecule has 2 nitrogen and oxygen atoms in total. The maximum Gasteiger partial charge on any atom is 0.123 e. The molecule has 0 saturated carbocycles. The fraction of sp³-hybridized carbons (Fsp3) is 0.250. The van der Waals surface area contributed by atoms with Gasteiger partial charge in [0.15, 0.2) is 0 Å². The van der Waals surface area contributed by atoms with Gasteiger partial charge in [-0.05, 0) is 36.4 Å². The van der Waals surface area contributed by atoms with E-state index in [1.54, 1.807) is 6.07 Å². The molecule has 0 aliphatic carbocycles. The molecule has 2 rings (SSSR count). The van der Waals surface area contributed by atoms with Gasteiger partial charge in [0.2, 0.25) is 0 Å². The maximum absolute atomic E-state index is 13.2. The van der Waals surface area contributed by atoms with Gasteiger partial charge in [0.25, 0.3) is 0 Å². The lowest BCUT2D eigenvalue weighted by Gasteiger charge is -2.28. The van der Waals surface area contributed by atoms with E-state index in [1.165, 1.54) is 12.1 Å². The Morgan fingerprint density at radius 3 is 2.60 bits per heavy atom. The summed E-state index contributed by atoms with van der Waals surface area (Å²) in [5, 5.41) is 0.703. The van der Waals surface area contributed by atoms with Crippen LogP contribution in [-0.4, -0.2) is 18.5 Å². The smallest absolute Gasteiger partial charge is 0.123 e. The van der Waals surface area contributed by atoms with Crippen LogP contribution in [0.5, 0.6) is 0 Å². The van der Waals surface area contributed by atoms with Crippen LogP contribution in [0, 0.1) is 5.82 Å². The molecule has 0 fully saturated rings. The van der Waals surface area contributed by atoms with Crippen LogP contribution >= 0.6 is 11.6 Å². The summed E-state index contributed by atoms with van der Waals surface area (Å²) in [4.78, 5) is 2.08. The van der Waals surface area contributed by atoms with Crippen molar-refractivity contribution in [1.82, 2.24) is 4.90 Å². The zero-order chi connectivity index (χ0) is 14.5. The summed E-state index contributed by atoms with van der Waals surface area (Å²) in [5.41, 5.74) is 7.79. The minimum atomic E-state index is -0.224. The topological polar surface area (TPSA) is 29.3 Å². The van der Waals surface area contributed by atoms with E-state index in [0.29, 0.717) is 18.1 Å². The van der Waals surface area contributed by atoms with Crippen molar-refractivity contribution in [2.75, 3.05) is 13.6 Å². The van der Waals surface area contributed by atoms with Crippen molar-refractivity contribution in [3.63, 3.8) is 0 Å². The van der Waals surface area contributed by atoms with Gasteiger partial charge in [0.1, 0.15) is 5.82 Å². The Labute approximate surface area is 124 Å². The normalized spacial score (nSPS) is 12.7. The summed E-state index contributed by atoms with van der Waals surface area (Å²) in [6, 6.07) is 14.3. The number of nitrogens with two attached hydrogens (primary N) is 1. The summed E-state index contributed by atoms with van der Waals surface area (Å²) in [6.07, 6.45) is 0. The van der Waals surface area contributed by atoms with Gasteiger partial charge < -0.3 is 5.73 Å². The molecule has 0 amide bonds. The van der Waals surface area contributed by atoms with Crippen molar-refractivity contribution in [2.45, 2.75) is 12.6 Å². The molecule has 20 heavy (non-hydrogen) atoms. The minimum Gasteiger partial charge on any atom is -0.329 e. The fourth-order valence-corrected chi connectivity index (χ4v) is 2.58. The van der Waals surface area contributed by atoms with E-state index in [-0.39, 0.29) is 11.9 Å². The summed E-state index contributed by atoms with van der Waals surface area (Å²) in [6.45, 7) is 1.07. The highest BCUT2D eigenvalue weighted by Gasteiger charge is 2.18. The van der Waals surface area contributed by atoms with Crippen LogP contribution in [0.4, 0.5) is 4.39 Å². The van der Waals surface area contributed by atoms with Gasteiger partial charge in [-0.15, -0.1) is 0 Å². The highest BCUT2D eigenvalue weighted by Crippen LogP contribution is 2.27. The Kier molecular flexibility index (Phi) is 5.12. The molecule has 2 N–H and O–H groups in total. The highest BCUT2D eigenvalue weighted by molar-refractivity contribution is 6.31. The molecule has 1 unspecified atom stereocenters. The zero-order valence-electron chi connectivity index (χ0n) is 11.4. The van der Waals surface area contributed by atoms with Gasteiger partial charge in [-0.25, -0.2) is 4.39 Å². The number of nitrogens with zero attached hydrogens (tertiary/aromatic N) is 1. The minimum absolute atomic E-state index is 0.00645. The first-order valence-electron chi connectivity index (χ1n) is 6.51. The van der Waals surface area contributed by atoms with Crippen LogP contribution in [0.1, 0.15) is 17.2 Å². The standard InChI is InChI=1S/C16H18ClFN2/c1-20(11-12-5-4-6-13(18)9-12)16(10-19)14-7-2-3-8-15(14)17/h2-9,16H,10-11,19H2,1H3. The largest absolute Gasteiger partial charge is 0.329 e. The molecular formula is C16H18ClFN2. The number of benzene rings is 2. The second-order valence-electron chi connectivity index (χ2n) is 4.82. The molecule has 4 heteroatoms. The third-order valence-electron chi connectivity index (χ3n) is 3.34. The van der Waals surface area contributed by atoms with Gasteiger partial charge in [-0.2, -0.15) is 0 Å². The summed E-state index contributed by atoms with van der Waals surface area (Å²) in [7, 11) is 1.96. The Balaban J connectivity index is 2.18. The van der Waals surface area contributed by atoms with Crippen LogP contribution in [0.25, 0.3) is 0 Å². The molecule has 0 aliphatic heterocycles. The number of hydrogen-bond acceptors (Lipinski definition) is 2. The first-order valence-corrected chi connectivity index (χ1v) is 6.89. The lowest BCUT2D eigenvalue weighted by molar-refractivity contribution is 0.241. The van der Waals surface area contributed by atoms with Crippen LogP contribution in [0.3, 0.4) is 0 Å². The molecule has 0 aliphatic rings. The van der Waals surface area contributed by atoms with E-state index < -0.39 is 0 Å². The highest BCUT2D eigenvalue weighted by atomic mass is 35.5. The summed E-state index contributed by atoms with van der Waals surface area (Å²) >= 11 is 6.23. The average Bonchev–Trinajstić information content (AvgIpc) is 2.41. The van der Waals surface area contributed by atoms with Crippen molar-refractivity contribution in [3.8, 4) is 0 Å². The molecule has 0 heterocycles. The Bertz CT molecular complexity index is 574. The molecule has 0 bridgehead atoms. The van der Waals surface area contributed by atoms with E-state index in [2.05, 4.69) is 4.90 Å². The van der Waals surface area contributed by atoms with Crippen molar-refractivity contribution < 1.29 is 4.39 Å². The lowest BCUT2D eigenvalue weighted by Crippen LogP contribution is -2.30. The van der Waals surface area contributed by atoms with E-state index in [0.717, 1.165) is 11.1 Å². The van der Waals surface area contributed by atoms with E-state index in [9.17, 15) is 4.39 Å². The first kappa shape index (κ1) is 15.0. The predicted octanol–water partition coefficient (Wildman–Crippen LogP) is 3.61. The Hall–Kier alpha value is -1.42. The van der Waals surface area contributed by atoms with Gasteiger partial charge in [0, 0.05) is 24.2 Å². The molecular weight excluding hydrogens is 275 g/mol. The summed E-state index contributed by atoms with van der Waals surface area (Å²) in [5.74, 6) is -0.224. The fourth-order valence-electron chi connectivity index (χ4n) is 2.32. The van der Waals surface area contributed by atoms with Gasteiger partial charge in [0.05, 0.1) is 0 Å². The maximum atomic E-state index is 13.2. The number of hydrogen-bond donors (Lipinski definition) is 1. The van der Waals surface area contributed by atoms with Crippen LogP contribution < -0.4 is 5.73 Å². The van der Waals surface area contributed by atoms with Gasteiger partial charge in [-0.1, -0.05) is 41.9 Å². The van der Waals surface area contributed by atoms with E-state index in [1.807, 2.05) is 37.4 Å². The van der Waals surface area contributed by atoms with E-state index in [4.69, 9.17) is 17.3 Å². The number of likely N-dealkylation sites (N-methyl/N-ethyl adjacent to an activating group) is 1. The van der Waals surface area contributed by atoms with Crippen molar-refractivity contribution in [2.24, 2.45) is 5.73 Å². The molecule has 2 aromatic carbocycles.